The average Bonchev–Trinajstić information content (AvgIpc) is 2.97. The molecule has 0 aliphatic heterocycles. The smallest absolute Gasteiger partial charge is 0.399 e. The van der Waals surface area contributed by atoms with Crippen molar-refractivity contribution in [3.8, 4) is 11.8 Å². The van der Waals surface area contributed by atoms with Crippen molar-refractivity contribution >= 4 is 5.97 Å². The SMILES string of the molecule is Cc1ccc(C2CCCCC2)c(Oc2nc(C(=O)O)co2)c1. The molecule has 2 aromatic rings. The summed E-state index contributed by atoms with van der Waals surface area (Å²) in [7, 11) is 0. The van der Waals surface area contributed by atoms with E-state index >= 15 is 0 Å². The largest absolute Gasteiger partial charge is 0.476 e. The number of carboxylic acid groups (broad SMARTS) is 1. The lowest BCUT2D eigenvalue weighted by Crippen LogP contribution is -2.06. The highest BCUT2D eigenvalue weighted by Gasteiger charge is 2.21. The lowest BCUT2D eigenvalue weighted by molar-refractivity contribution is 0.0690. The second kappa shape index (κ2) is 6.22. The molecule has 1 aromatic heterocycles. The number of benzene rings is 1. The van der Waals surface area contributed by atoms with Crippen molar-refractivity contribution in [3.05, 3.63) is 41.3 Å². The molecule has 0 radical (unpaired) electrons. The average molecular weight is 301 g/mol. The van der Waals surface area contributed by atoms with Gasteiger partial charge in [-0.1, -0.05) is 31.4 Å². The van der Waals surface area contributed by atoms with E-state index in [0.717, 1.165) is 30.2 Å². The highest BCUT2D eigenvalue weighted by molar-refractivity contribution is 5.84. The fraction of sp³-hybridized carbons (Fsp3) is 0.412. The van der Waals surface area contributed by atoms with Crippen LogP contribution >= 0.6 is 0 Å². The van der Waals surface area contributed by atoms with Crippen molar-refractivity contribution in [2.24, 2.45) is 0 Å². The topological polar surface area (TPSA) is 72.6 Å². The maximum Gasteiger partial charge on any atom is 0.399 e. The molecule has 0 atom stereocenters. The minimum absolute atomic E-state index is 0.0277. The summed E-state index contributed by atoms with van der Waals surface area (Å²) in [6.45, 7) is 2.00. The van der Waals surface area contributed by atoms with Crippen molar-refractivity contribution in [1.29, 1.82) is 0 Å². The number of aryl methyl sites for hydroxylation is 1. The van der Waals surface area contributed by atoms with Crippen LogP contribution < -0.4 is 4.74 Å². The first-order valence-electron chi connectivity index (χ1n) is 7.60. The maximum atomic E-state index is 10.9. The molecule has 22 heavy (non-hydrogen) atoms. The standard InChI is InChI=1S/C17H19NO4/c1-11-7-8-13(12-5-3-2-4-6-12)15(9-11)22-17-18-14(10-21-17)16(19)20/h7-10,12H,2-6H2,1H3,(H,19,20). The van der Waals surface area contributed by atoms with Crippen LogP contribution in [0.1, 0.15) is 59.6 Å². The molecule has 5 nitrogen and oxygen atoms in total. The molecule has 0 unspecified atom stereocenters. The zero-order valence-corrected chi connectivity index (χ0v) is 12.5. The molecule has 1 heterocycles. The fourth-order valence-corrected chi connectivity index (χ4v) is 2.98. The summed E-state index contributed by atoms with van der Waals surface area (Å²) < 4.78 is 10.8. The number of oxazole rings is 1. The van der Waals surface area contributed by atoms with Gasteiger partial charge in [0.05, 0.1) is 0 Å². The molecule has 0 amide bonds. The lowest BCUT2D eigenvalue weighted by atomic mass is 9.83. The third-order valence-electron chi connectivity index (χ3n) is 4.11. The van der Waals surface area contributed by atoms with Crippen LogP contribution in [0, 0.1) is 6.92 Å². The quantitative estimate of drug-likeness (QED) is 0.898. The number of rotatable bonds is 4. The third-order valence-corrected chi connectivity index (χ3v) is 4.11. The second-order valence-corrected chi connectivity index (χ2v) is 5.78. The molecule has 1 saturated carbocycles. The summed E-state index contributed by atoms with van der Waals surface area (Å²) in [4.78, 5) is 14.7. The zero-order valence-electron chi connectivity index (χ0n) is 12.5. The molecular weight excluding hydrogens is 282 g/mol. The number of hydrogen-bond acceptors (Lipinski definition) is 4. The van der Waals surface area contributed by atoms with Crippen LogP contribution in [-0.4, -0.2) is 16.1 Å². The minimum atomic E-state index is -1.13. The number of ether oxygens (including phenoxy) is 1. The van der Waals surface area contributed by atoms with E-state index in [1.807, 2.05) is 13.0 Å². The molecule has 0 spiro atoms. The maximum absolute atomic E-state index is 10.9. The third kappa shape index (κ3) is 3.13. The summed E-state index contributed by atoms with van der Waals surface area (Å²) in [6.07, 6.45) is 7.14. The summed E-state index contributed by atoms with van der Waals surface area (Å²) in [6, 6.07) is 6.13. The van der Waals surface area contributed by atoms with E-state index in [-0.39, 0.29) is 11.8 Å². The van der Waals surface area contributed by atoms with Gasteiger partial charge in [-0.3, -0.25) is 0 Å². The van der Waals surface area contributed by atoms with Gasteiger partial charge < -0.3 is 14.3 Å². The van der Waals surface area contributed by atoms with Crippen LogP contribution in [0.15, 0.2) is 28.9 Å². The van der Waals surface area contributed by atoms with E-state index in [1.54, 1.807) is 0 Å². The monoisotopic (exact) mass is 301 g/mol. The summed E-state index contributed by atoms with van der Waals surface area (Å²) >= 11 is 0. The van der Waals surface area contributed by atoms with Gasteiger partial charge in [-0.05, 0) is 42.9 Å². The molecule has 1 N–H and O–H groups in total. The molecule has 1 aromatic carbocycles. The molecule has 3 rings (SSSR count). The zero-order chi connectivity index (χ0) is 15.5. The lowest BCUT2D eigenvalue weighted by Gasteiger charge is -2.23. The first-order chi connectivity index (χ1) is 10.6. The van der Waals surface area contributed by atoms with Crippen molar-refractivity contribution in [3.63, 3.8) is 0 Å². The summed E-state index contributed by atoms with van der Waals surface area (Å²) in [5.41, 5.74) is 2.09. The Kier molecular flexibility index (Phi) is 4.13. The molecular formula is C17H19NO4. The molecule has 5 heteroatoms. The van der Waals surface area contributed by atoms with E-state index in [1.165, 1.54) is 19.3 Å². The second-order valence-electron chi connectivity index (χ2n) is 5.78. The molecule has 1 aliphatic rings. The number of aromatic nitrogens is 1. The predicted molar refractivity (Wildman–Crippen MR) is 80.5 cm³/mol. The number of carboxylic acids is 1. The van der Waals surface area contributed by atoms with Crippen molar-refractivity contribution < 1.29 is 19.1 Å². The Labute approximate surface area is 128 Å². The van der Waals surface area contributed by atoms with E-state index in [9.17, 15) is 4.79 Å². The Balaban J connectivity index is 1.87. The Morgan fingerprint density at radius 1 is 1.32 bits per heavy atom. The summed E-state index contributed by atoms with van der Waals surface area (Å²) in [5.74, 6) is 0.0688. The Morgan fingerprint density at radius 2 is 2.09 bits per heavy atom. The van der Waals surface area contributed by atoms with Gasteiger partial charge >= 0.3 is 12.0 Å². The number of hydrogen-bond donors (Lipinski definition) is 1. The van der Waals surface area contributed by atoms with Gasteiger partial charge in [-0.2, -0.15) is 4.98 Å². The van der Waals surface area contributed by atoms with Gasteiger partial charge in [0.2, 0.25) is 0 Å². The minimum Gasteiger partial charge on any atom is -0.476 e. The van der Waals surface area contributed by atoms with E-state index in [4.69, 9.17) is 14.3 Å². The van der Waals surface area contributed by atoms with Crippen molar-refractivity contribution in [2.45, 2.75) is 44.9 Å². The van der Waals surface area contributed by atoms with Crippen LogP contribution in [-0.2, 0) is 0 Å². The Bertz CT molecular complexity index is 671. The van der Waals surface area contributed by atoms with Gasteiger partial charge in [0.1, 0.15) is 12.0 Å². The van der Waals surface area contributed by atoms with Crippen molar-refractivity contribution in [2.75, 3.05) is 0 Å². The van der Waals surface area contributed by atoms with E-state index in [0.29, 0.717) is 11.7 Å². The Hall–Kier alpha value is -2.30. The number of carbonyl (C=O) groups is 1. The van der Waals surface area contributed by atoms with Crippen LogP contribution in [0.3, 0.4) is 0 Å². The molecule has 1 fully saturated rings. The van der Waals surface area contributed by atoms with Crippen LogP contribution in [0.2, 0.25) is 0 Å². The summed E-state index contributed by atoms with van der Waals surface area (Å²) in [5, 5.41) is 8.89. The van der Waals surface area contributed by atoms with E-state index in [2.05, 4.69) is 17.1 Å². The number of nitrogens with zero attached hydrogens (tertiary/aromatic N) is 1. The normalized spacial score (nSPS) is 15.7. The first-order valence-corrected chi connectivity index (χ1v) is 7.60. The molecule has 116 valence electrons. The van der Waals surface area contributed by atoms with Gasteiger partial charge in [-0.15, -0.1) is 0 Å². The van der Waals surface area contributed by atoms with Gasteiger partial charge in [0.25, 0.3) is 0 Å². The highest BCUT2D eigenvalue weighted by Crippen LogP contribution is 2.39. The van der Waals surface area contributed by atoms with Crippen LogP contribution in [0.25, 0.3) is 0 Å². The van der Waals surface area contributed by atoms with Gasteiger partial charge in [0, 0.05) is 0 Å². The number of aromatic carboxylic acids is 1. The molecule has 0 saturated heterocycles. The first kappa shape index (κ1) is 14.6. The van der Waals surface area contributed by atoms with Crippen LogP contribution in [0.4, 0.5) is 0 Å². The fourth-order valence-electron chi connectivity index (χ4n) is 2.98. The van der Waals surface area contributed by atoms with Gasteiger partial charge in [0.15, 0.2) is 5.69 Å². The highest BCUT2D eigenvalue weighted by atomic mass is 16.6. The van der Waals surface area contributed by atoms with Crippen molar-refractivity contribution in [1.82, 2.24) is 4.98 Å². The Morgan fingerprint density at radius 3 is 2.77 bits per heavy atom. The van der Waals surface area contributed by atoms with Crippen LogP contribution in [0.5, 0.6) is 11.8 Å². The van der Waals surface area contributed by atoms with E-state index < -0.39 is 5.97 Å². The predicted octanol–water partition coefficient (Wildman–Crippen LogP) is 4.52. The van der Waals surface area contributed by atoms with Gasteiger partial charge in [-0.25, -0.2) is 4.79 Å². The molecule has 1 aliphatic carbocycles. The molecule has 0 bridgehead atoms.